The Morgan fingerprint density at radius 3 is 2.75 bits per heavy atom. The van der Waals surface area contributed by atoms with Gasteiger partial charge in [-0.25, -0.2) is 0 Å². The van der Waals surface area contributed by atoms with Crippen LogP contribution in [0.3, 0.4) is 0 Å². The fourth-order valence-corrected chi connectivity index (χ4v) is 1.31. The van der Waals surface area contributed by atoms with Crippen molar-refractivity contribution in [2.45, 2.75) is 19.9 Å². The number of nitrogens with zero attached hydrogens (tertiary/aromatic N) is 2. The highest BCUT2D eigenvalue weighted by Gasteiger charge is 2.12. The van der Waals surface area contributed by atoms with Gasteiger partial charge in [0, 0.05) is 12.6 Å². The number of aromatic nitrogens is 1. The van der Waals surface area contributed by atoms with E-state index in [4.69, 9.17) is 10.4 Å². The quantitative estimate of drug-likeness (QED) is 0.760. The molecule has 1 heterocycles. The standard InChI is InChI=1S/C10H10N2O4/c1-6-4-8(13)12(3-2-9(14)15)10(16)7(6)5-11/h4,13H,2-3H2,1H3,(H,14,15). The Balaban J connectivity index is 3.25. The van der Waals surface area contributed by atoms with Gasteiger partial charge in [-0.3, -0.25) is 14.2 Å². The van der Waals surface area contributed by atoms with Crippen molar-refractivity contribution in [1.82, 2.24) is 4.57 Å². The third-order valence-electron chi connectivity index (χ3n) is 2.14. The van der Waals surface area contributed by atoms with E-state index in [0.717, 1.165) is 4.57 Å². The molecule has 1 rings (SSSR count). The molecule has 0 spiro atoms. The predicted molar refractivity (Wildman–Crippen MR) is 54.1 cm³/mol. The molecule has 6 nitrogen and oxygen atoms in total. The van der Waals surface area contributed by atoms with Gasteiger partial charge in [-0.1, -0.05) is 0 Å². The molecule has 2 N–H and O–H groups in total. The molecule has 84 valence electrons. The minimum absolute atomic E-state index is 0.0804. The number of hydrogen-bond acceptors (Lipinski definition) is 4. The van der Waals surface area contributed by atoms with Crippen molar-refractivity contribution in [3.63, 3.8) is 0 Å². The Morgan fingerprint density at radius 2 is 2.25 bits per heavy atom. The molecule has 1 aromatic rings. The summed E-state index contributed by atoms with van der Waals surface area (Å²) >= 11 is 0. The Hall–Kier alpha value is -2.29. The smallest absolute Gasteiger partial charge is 0.305 e. The summed E-state index contributed by atoms with van der Waals surface area (Å²) in [6, 6.07) is 2.99. The minimum Gasteiger partial charge on any atom is -0.494 e. The summed E-state index contributed by atoms with van der Waals surface area (Å²) in [4.78, 5) is 22.0. The van der Waals surface area contributed by atoms with Crippen LogP contribution in [0.2, 0.25) is 0 Å². The maximum Gasteiger partial charge on any atom is 0.305 e. The number of aromatic hydroxyl groups is 1. The summed E-state index contributed by atoms with van der Waals surface area (Å²) in [6.07, 6.45) is -0.290. The Morgan fingerprint density at radius 1 is 1.62 bits per heavy atom. The van der Waals surface area contributed by atoms with Crippen molar-refractivity contribution in [3.8, 4) is 11.9 Å². The van der Waals surface area contributed by atoms with Gasteiger partial charge in [-0.2, -0.15) is 5.26 Å². The van der Waals surface area contributed by atoms with Crippen molar-refractivity contribution in [3.05, 3.63) is 27.5 Å². The van der Waals surface area contributed by atoms with Crippen molar-refractivity contribution >= 4 is 5.97 Å². The van der Waals surface area contributed by atoms with E-state index in [9.17, 15) is 14.7 Å². The van der Waals surface area contributed by atoms with E-state index in [1.165, 1.54) is 13.0 Å². The van der Waals surface area contributed by atoms with Gasteiger partial charge in [0.05, 0.1) is 6.42 Å². The maximum absolute atomic E-state index is 11.6. The average molecular weight is 222 g/mol. The second kappa shape index (κ2) is 4.49. The summed E-state index contributed by atoms with van der Waals surface area (Å²) in [5.74, 6) is -1.41. The van der Waals surface area contributed by atoms with Crippen LogP contribution >= 0.6 is 0 Å². The lowest BCUT2D eigenvalue weighted by Crippen LogP contribution is -2.24. The first-order chi connectivity index (χ1) is 7.47. The molecule has 1 aromatic heterocycles. The molecule has 0 saturated carbocycles. The van der Waals surface area contributed by atoms with E-state index in [1.54, 1.807) is 6.07 Å². The Kier molecular flexibility index (Phi) is 3.30. The van der Waals surface area contributed by atoms with Crippen molar-refractivity contribution in [1.29, 1.82) is 5.26 Å². The molecule has 0 aromatic carbocycles. The van der Waals surface area contributed by atoms with Gasteiger partial charge in [0.1, 0.15) is 11.6 Å². The number of carbonyl (C=O) groups is 1. The number of nitriles is 1. The monoisotopic (exact) mass is 222 g/mol. The van der Waals surface area contributed by atoms with E-state index in [-0.39, 0.29) is 24.4 Å². The second-order valence-corrected chi connectivity index (χ2v) is 3.27. The van der Waals surface area contributed by atoms with Gasteiger partial charge >= 0.3 is 5.97 Å². The first kappa shape index (κ1) is 11.8. The summed E-state index contributed by atoms with van der Waals surface area (Å²) in [6.45, 7) is 1.37. The number of rotatable bonds is 3. The number of carboxylic acids is 1. The van der Waals surface area contributed by atoms with E-state index >= 15 is 0 Å². The Labute approximate surface area is 91.0 Å². The first-order valence-electron chi connectivity index (χ1n) is 4.52. The molecule has 0 atom stereocenters. The van der Waals surface area contributed by atoms with Crippen LogP contribution in [0, 0.1) is 18.3 Å². The van der Waals surface area contributed by atoms with Gasteiger partial charge in [-0.05, 0) is 12.5 Å². The van der Waals surface area contributed by atoms with Crippen molar-refractivity contribution in [2.75, 3.05) is 0 Å². The van der Waals surface area contributed by atoms with Crippen LogP contribution in [0.1, 0.15) is 17.5 Å². The van der Waals surface area contributed by atoms with Gasteiger partial charge in [0.2, 0.25) is 0 Å². The van der Waals surface area contributed by atoms with Crippen LogP contribution in [0.15, 0.2) is 10.9 Å². The second-order valence-electron chi connectivity index (χ2n) is 3.27. The van der Waals surface area contributed by atoms with E-state index in [1.807, 2.05) is 0 Å². The lowest BCUT2D eigenvalue weighted by atomic mass is 10.1. The Bertz CT molecular complexity index is 525. The highest BCUT2D eigenvalue weighted by atomic mass is 16.4. The summed E-state index contributed by atoms with van der Waals surface area (Å²) in [7, 11) is 0. The zero-order chi connectivity index (χ0) is 12.3. The van der Waals surface area contributed by atoms with Crippen molar-refractivity contribution < 1.29 is 15.0 Å². The molecule has 0 unspecified atom stereocenters. The highest BCUT2D eigenvalue weighted by molar-refractivity contribution is 5.66. The fourth-order valence-electron chi connectivity index (χ4n) is 1.31. The van der Waals surface area contributed by atoms with Gasteiger partial charge in [-0.15, -0.1) is 0 Å². The summed E-state index contributed by atoms with van der Waals surface area (Å²) in [5, 5.41) is 26.7. The van der Waals surface area contributed by atoms with Gasteiger partial charge in [0.15, 0.2) is 5.88 Å². The fraction of sp³-hybridized carbons (Fsp3) is 0.300. The maximum atomic E-state index is 11.6. The molecule has 6 heteroatoms. The molecule has 0 saturated heterocycles. The molecule has 0 aliphatic rings. The summed E-state index contributed by atoms with van der Waals surface area (Å²) < 4.78 is 0.875. The number of hydrogen-bond donors (Lipinski definition) is 2. The van der Waals surface area contributed by atoms with Crippen molar-refractivity contribution in [2.24, 2.45) is 0 Å². The number of carboxylic acid groups (broad SMARTS) is 1. The number of aryl methyl sites for hydroxylation is 1. The molecule has 0 amide bonds. The topological polar surface area (TPSA) is 103 Å². The van der Waals surface area contributed by atoms with Crippen LogP contribution in [-0.4, -0.2) is 20.7 Å². The number of pyridine rings is 1. The summed E-state index contributed by atoms with van der Waals surface area (Å²) in [5.41, 5.74) is -0.374. The third kappa shape index (κ3) is 2.20. The lowest BCUT2D eigenvalue weighted by Gasteiger charge is -2.08. The normalized spacial score (nSPS) is 9.75. The SMILES string of the molecule is Cc1cc(O)n(CCC(=O)O)c(=O)c1C#N. The van der Waals surface area contributed by atoms with E-state index in [2.05, 4.69) is 0 Å². The molecular formula is C10H10N2O4. The molecule has 0 aliphatic heterocycles. The highest BCUT2D eigenvalue weighted by Crippen LogP contribution is 2.12. The van der Waals surface area contributed by atoms with Crippen LogP contribution in [0.25, 0.3) is 0 Å². The zero-order valence-corrected chi connectivity index (χ0v) is 8.60. The van der Waals surface area contributed by atoms with Crippen LogP contribution in [0.4, 0.5) is 0 Å². The third-order valence-corrected chi connectivity index (χ3v) is 2.14. The van der Waals surface area contributed by atoms with Crippen LogP contribution in [-0.2, 0) is 11.3 Å². The van der Waals surface area contributed by atoms with Crippen LogP contribution < -0.4 is 5.56 Å². The molecular weight excluding hydrogens is 212 g/mol. The lowest BCUT2D eigenvalue weighted by molar-refractivity contribution is -0.137. The average Bonchev–Trinajstić information content (AvgIpc) is 2.16. The van der Waals surface area contributed by atoms with Gasteiger partial charge < -0.3 is 10.2 Å². The molecule has 0 radical (unpaired) electrons. The molecule has 0 aliphatic carbocycles. The molecule has 16 heavy (non-hydrogen) atoms. The van der Waals surface area contributed by atoms with E-state index < -0.39 is 11.5 Å². The van der Waals surface area contributed by atoms with Gasteiger partial charge in [0.25, 0.3) is 5.56 Å². The predicted octanol–water partition coefficient (Wildman–Crippen LogP) is 0.209. The first-order valence-corrected chi connectivity index (χ1v) is 4.52. The van der Waals surface area contributed by atoms with E-state index in [0.29, 0.717) is 5.56 Å². The molecule has 0 fully saturated rings. The van der Waals surface area contributed by atoms with Crippen LogP contribution in [0.5, 0.6) is 5.88 Å². The zero-order valence-electron chi connectivity index (χ0n) is 8.60. The number of aliphatic carboxylic acids is 1. The molecule has 0 bridgehead atoms. The minimum atomic E-state index is -1.08. The largest absolute Gasteiger partial charge is 0.494 e.